The Bertz CT molecular complexity index is 1910. The zero-order valence-corrected chi connectivity index (χ0v) is 28.0. The average Bonchev–Trinajstić information content (AvgIpc) is 3.66. The summed E-state index contributed by atoms with van der Waals surface area (Å²) in [6.07, 6.45) is 7.61. The summed E-state index contributed by atoms with van der Waals surface area (Å²) in [5.74, 6) is 1.49. The molecule has 1 saturated heterocycles. The lowest BCUT2D eigenvalue weighted by Crippen LogP contribution is -2.49. The second kappa shape index (κ2) is 12.8. The predicted molar refractivity (Wildman–Crippen MR) is 182 cm³/mol. The first-order valence-electron chi connectivity index (χ1n) is 16.0. The Morgan fingerprint density at radius 1 is 1.06 bits per heavy atom. The number of carbonyl (C=O) groups excluding carboxylic acids is 3. The molecule has 0 saturated carbocycles. The third-order valence-corrected chi connectivity index (χ3v) is 8.95. The van der Waals surface area contributed by atoms with E-state index >= 15 is 0 Å². The quantitative estimate of drug-likeness (QED) is 0.164. The molecule has 2 aromatic carbocycles. The third kappa shape index (κ3) is 6.23. The Balaban J connectivity index is 1.28. The van der Waals surface area contributed by atoms with E-state index in [0.717, 1.165) is 42.0 Å². The molecule has 12 nitrogen and oxygen atoms in total. The maximum absolute atomic E-state index is 13.6. The molecule has 3 amide bonds. The highest BCUT2D eigenvalue weighted by molar-refractivity contribution is 5.98. The number of ether oxygens (including phenoxy) is 2. The lowest BCUT2D eigenvalue weighted by molar-refractivity contribution is -0.114. The van der Waals surface area contributed by atoms with Crippen molar-refractivity contribution in [3.63, 3.8) is 0 Å². The Labute approximate surface area is 279 Å². The van der Waals surface area contributed by atoms with Gasteiger partial charge in [-0.25, -0.2) is 4.79 Å². The number of amides is 3. The average molecular weight is 652 g/mol. The van der Waals surface area contributed by atoms with Gasteiger partial charge in [-0.2, -0.15) is 0 Å². The standard InChI is InChI=1S/C36H41N7O5/c1-22(45)37-27-18-23(35(2,3)4)19-28(32(27)47-6)38-34(46)39-36(21-44)16-15-30(25-10-7-8-11-26(25)36)48-24-13-14-31-40-41-33(43(31)20-24)29-12-9-17-42(29)5/h7-8,10-11,13-16,18-21,29-30H,9,12,17H2,1-6H3,(H,37,45)(H2,38,39,46)/t29-,30+,36+/m0/s1. The van der Waals surface area contributed by atoms with E-state index in [4.69, 9.17) is 9.47 Å². The van der Waals surface area contributed by atoms with Crippen LogP contribution in [0.4, 0.5) is 16.2 Å². The van der Waals surface area contributed by atoms with Gasteiger partial charge in [-0.1, -0.05) is 45.0 Å². The minimum atomic E-state index is -1.48. The van der Waals surface area contributed by atoms with Crippen molar-refractivity contribution in [2.24, 2.45) is 0 Å². The van der Waals surface area contributed by atoms with Gasteiger partial charge in [-0.15, -0.1) is 10.2 Å². The molecule has 0 bridgehead atoms. The largest absolute Gasteiger partial charge is 0.492 e. The van der Waals surface area contributed by atoms with E-state index < -0.39 is 17.7 Å². The van der Waals surface area contributed by atoms with Gasteiger partial charge in [0.1, 0.15) is 17.4 Å². The number of nitrogens with zero attached hydrogens (tertiary/aromatic N) is 4. The van der Waals surface area contributed by atoms with E-state index in [1.165, 1.54) is 14.0 Å². The molecule has 6 rings (SSSR count). The molecule has 12 heteroatoms. The summed E-state index contributed by atoms with van der Waals surface area (Å²) in [7, 11) is 3.56. The van der Waals surface area contributed by atoms with Gasteiger partial charge in [0.25, 0.3) is 0 Å². The normalized spacial score (nSPS) is 20.6. The van der Waals surface area contributed by atoms with Gasteiger partial charge < -0.3 is 25.4 Å². The van der Waals surface area contributed by atoms with Crippen molar-refractivity contribution in [2.75, 3.05) is 31.3 Å². The smallest absolute Gasteiger partial charge is 0.320 e. The highest BCUT2D eigenvalue weighted by Gasteiger charge is 2.39. The van der Waals surface area contributed by atoms with Crippen molar-refractivity contribution in [1.29, 1.82) is 0 Å². The molecular weight excluding hydrogens is 610 g/mol. The van der Waals surface area contributed by atoms with E-state index in [-0.39, 0.29) is 23.1 Å². The van der Waals surface area contributed by atoms with Crippen molar-refractivity contribution < 1.29 is 23.9 Å². The van der Waals surface area contributed by atoms with Crippen LogP contribution in [0.25, 0.3) is 5.65 Å². The lowest BCUT2D eigenvalue weighted by Gasteiger charge is -2.34. The Morgan fingerprint density at radius 2 is 1.81 bits per heavy atom. The van der Waals surface area contributed by atoms with Gasteiger partial charge in [0.2, 0.25) is 5.91 Å². The van der Waals surface area contributed by atoms with E-state index in [9.17, 15) is 14.4 Å². The number of urea groups is 1. The molecular formula is C36H41N7O5. The second-order valence-corrected chi connectivity index (χ2v) is 13.4. The van der Waals surface area contributed by atoms with Crippen molar-refractivity contribution in [1.82, 2.24) is 24.8 Å². The topological polar surface area (TPSA) is 139 Å². The number of fused-ring (bicyclic) bond motifs is 2. The van der Waals surface area contributed by atoms with Crippen LogP contribution in [0.1, 0.15) is 75.2 Å². The molecule has 3 heterocycles. The number of anilines is 2. The van der Waals surface area contributed by atoms with Crippen LogP contribution in [0.2, 0.25) is 0 Å². The predicted octanol–water partition coefficient (Wildman–Crippen LogP) is 5.67. The fourth-order valence-electron chi connectivity index (χ4n) is 6.47. The summed E-state index contributed by atoms with van der Waals surface area (Å²) >= 11 is 0. The minimum absolute atomic E-state index is 0.184. The number of likely N-dealkylation sites (tertiary alicyclic amines) is 1. The number of carbonyl (C=O) groups is 3. The molecule has 0 spiro atoms. The highest BCUT2D eigenvalue weighted by Crippen LogP contribution is 2.40. The van der Waals surface area contributed by atoms with E-state index in [1.807, 2.05) is 67.8 Å². The number of hydrogen-bond acceptors (Lipinski definition) is 8. The maximum atomic E-state index is 13.6. The number of benzene rings is 2. The van der Waals surface area contributed by atoms with Crippen molar-refractivity contribution >= 4 is 35.2 Å². The van der Waals surface area contributed by atoms with Gasteiger partial charge in [0.05, 0.1) is 30.7 Å². The number of rotatable bonds is 8. The van der Waals surface area contributed by atoms with E-state index in [2.05, 4.69) is 38.1 Å². The summed E-state index contributed by atoms with van der Waals surface area (Å²) in [4.78, 5) is 40.8. The molecule has 4 aromatic rings. The van der Waals surface area contributed by atoms with Crippen LogP contribution < -0.4 is 25.4 Å². The Kier molecular flexibility index (Phi) is 8.69. The zero-order chi connectivity index (χ0) is 34.2. The molecule has 0 unspecified atom stereocenters. The Morgan fingerprint density at radius 3 is 2.48 bits per heavy atom. The number of pyridine rings is 1. The molecule has 1 aliphatic carbocycles. The Hall–Kier alpha value is -5.23. The van der Waals surface area contributed by atoms with Crippen LogP contribution >= 0.6 is 0 Å². The van der Waals surface area contributed by atoms with Crippen LogP contribution in [-0.4, -0.2) is 58.4 Å². The van der Waals surface area contributed by atoms with Gasteiger partial charge >= 0.3 is 6.03 Å². The molecule has 1 aliphatic heterocycles. The monoisotopic (exact) mass is 651 g/mol. The van der Waals surface area contributed by atoms with Crippen molar-refractivity contribution in [3.05, 3.63) is 89.4 Å². The van der Waals surface area contributed by atoms with E-state index in [1.54, 1.807) is 24.3 Å². The van der Waals surface area contributed by atoms with Crippen LogP contribution in [0.15, 0.2) is 66.9 Å². The molecule has 3 atom stereocenters. The fourth-order valence-corrected chi connectivity index (χ4v) is 6.47. The summed E-state index contributed by atoms with van der Waals surface area (Å²) in [6.45, 7) is 8.49. The number of aldehydes is 1. The molecule has 2 aromatic heterocycles. The van der Waals surface area contributed by atoms with Gasteiger partial charge in [0.15, 0.2) is 23.5 Å². The second-order valence-electron chi connectivity index (χ2n) is 13.4. The first kappa shape index (κ1) is 32.7. The summed E-state index contributed by atoms with van der Waals surface area (Å²) < 4.78 is 14.1. The number of aromatic nitrogens is 3. The van der Waals surface area contributed by atoms with Gasteiger partial charge in [-0.3, -0.25) is 18.9 Å². The first-order chi connectivity index (χ1) is 22.9. The molecule has 0 radical (unpaired) electrons. The number of methoxy groups -OCH3 is 1. The molecule has 250 valence electrons. The highest BCUT2D eigenvalue weighted by atomic mass is 16.5. The van der Waals surface area contributed by atoms with Crippen molar-refractivity contribution in [3.8, 4) is 11.5 Å². The summed E-state index contributed by atoms with van der Waals surface area (Å²) in [6, 6.07) is 14.3. The van der Waals surface area contributed by atoms with Crippen LogP contribution in [0.3, 0.4) is 0 Å². The number of hydrogen-bond donors (Lipinski definition) is 3. The molecule has 48 heavy (non-hydrogen) atoms. The van der Waals surface area contributed by atoms with Crippen LogP contribution in [0.5, 0.6) is 11.5 Å². The molecule has 2 aliphatic rings. The summed E-state index contributed by atoms with van der Waals surface area (Å²) in [5, 5.41) is 17.4. The molecule has 3 N–H and O–H groups in total. The lowest BCUT2D eigenvalue weighted by atomic mass is 9.81. The van der Waals surface area contributed by atoms with Crippen molar-refractivity contribution in [2.45, 2.75) is 63.6 Å². The number of nitrogens with one attached hydrogen (secondary N) is 3. The molecule has 1 fully saturated rings. The van der Waals surface area contributed by atoms with E-state index in [0.29, 0.717) is 29.0 Å². The third-order valence-electron chi connectivity index (χ3n) is 8.95. The fraction of sp³-hybridized carbons (Fsp3) is 0.361. The summed E-state index contributed by atoms with van der Waals surface area (Å²) in [5.41, 5.74) is 1.89. The van der Waals surface area contributed by atoms with Gasteiger partial charge in [0, 0.05) is 12.5 Å². The SMILES string of the molecule is COc1c(NC(C)=O)cc(C(C)(C)C)cc1NC(=O)N[C@@]1(C=O)C=C[C@@H](Oc2ccc3nnc([C@@H]4CCCN4C)n3c2)c2ccccc21. The van der Waals surface area contributed by atoms with Gasteiger partial charge in [-0.05, 0) is 79.4 Å². The minimum Gasteiger partial charge on any atom is -0.492 e. The van der Waals surface area contributed by atoms with Crippen LogP contribution in [-0.2, 0) is 20.5 Å². The van der Waals surface area contributed by atoms with Crippen LogP contribution in [0, 0.1) is 0 Å². The first-order valence-corrected chi connectivity index (χ1v) is 16.0. The zero-order valence-electron chi connectivity index (χ0n) is 28.0. The maximum Gasteiger partial charge on any atom is 0.320 e.